The van der Waals surface area contributed by atoms with E-state index in [2.05, 4.69) is 42.5 Å². The first-order chi connectivity index (χ1) is 18.4. The Kier molecular flexibility index (Phi) is 8.08. The highest BCUT2D eigenvalue weighted by Gasteiger charge is 2.18. The molecule has 1 aliphatic heterocycles. The molecule has 1 amide bonds. The molecule has 2 heterocycles. The van der Waals surface area contributed by atoms with Crippen molar-refractivity contribution in [3.63, 3.8) is 0 Å². The molecule has 1 fully saturated rings. The number of nitrogens with one attached hydrogen (secondary N) is 2. The van der Waals surface area contributed by atoms with E-state index in [0.29, 0.717) is 11.0 Å². The molecular weight excluding hydrogens is 519 g/mol. The molecule has 2 N–H and O–H groups in total. The highest BCUT2D eigenvalue weighted by atomic mass is 35.5. The third kappa shape index (κ3) is 6.61. The zero-order valence-electron chi connectivity index (χ0n) is 21.0. The molecule has 9 heteroatoms. The van der Waals surface area contributed by atoms with Crippen LogP contribution < -0.4 is 15.5 Å². The van der Waals surface area contributed by atoms with E-state index in [1.807, 2.05) is 54.6 Å². The third-order valence-electron chi connectivity index (χ3n) is 6.43. The second-order valence-corrected chi connectivity index (χ2v) is 10.0. The summed E-state index contributed by atoms with van der Waals surface area (Å²) in [6, 6.07) is 23.5. The standard InChI is InChI=1S/C29H28Cl2N6O/c1-20(38)33-24-6-3-21(4-7-24)28-12-13-32-29(35-28)34-25-8-10-26(11-9-25)37-16-14-36(15-17-37)19-22-2-5-23(30)18-27(22)31/h2-13,18H,14-17,19H2,1H3,(H,33,38)(H,32,34,35). The first-order valence-corrected chi connectivity index (χ1v) is 13.2. The Bertz CT molecular complexity index is 1400. The Labute approximate surface area is 232 Å². The summed E-state index contributed by atoms with van der Waals surface area (Å²) in [6.45, 7) is 6.14. The van der Waals surface area contributed by atoms with Crippen molar-refractivity contribution in [1.82, 2.24) is 14.9 Å². The van der Waals surface area contributed by atoms with E-state index in [1.165, 1.54) is 12.6 Å². The van der Waals surface area contributed by atoms with Crippen molar-refractivity contribution in [2.45, 2.75) is 13.5 Å². The maximum absolute atomic E-state index is 11.2. The number of hydrogen-bond donors (Lipinski definition) is 2. The van der Waals surface area contributed by atoms with Crippen LogP contribution in [-0.4, -0.2) is 47.0 Å². The molecule has 5 rings (SSSR count). The molecule has 0 saturated carbocycles. The molecule has 0 bridgehead atoms. The van der Waals surface area contributed by atoms with Crippen LogP contribution >= 0.6 is 23.2 Å². The first-order valence-electron chi connectivity index (χ1n) is 12.4. The van der Waals surface area contributed by atoms with Crippen LogP contribution in [0.3, 0.4) is 0 Å². The molecule has 3 aromatic carbocycles. The highest BCUT2D eigenvalue weighted by Crippen LogP contribution is 2.26. The fourth-order valence-electron chi connectivity index (χ4n) is 4.45. The zero-order chi connectivity index (χ0) is 26.5. The van der Waals surface area contributed by atoms with Crippen LogP contribution in [0.5, 0.6) is 0 Å². The lowest BCUT2D eigenvalue weighted by atomic mass is 10.1. The number of amides is 1. The predicted molar refractivity (Wildman–Crippen MR) is 155 cm³/mol. The van der Waals surface area contributed by atoms with Gasteiger partial charge in [-0.1, -0.05) is 41.4 Å². The minimum absolute atomic E-state index is 0.0981. The van der Waals surface area contributed by atoms with E-state index in [0.717, 1.165) is 65.9 Å². The molecule has 0 radical (unpaired) electrons. The molecule has 1 aliphatic rings. The zero-order valence-corrected chi connectivity index (χ0v) is 22.5. The van der Waals surface area contributed by atoms with Crippen LogP contribution in [-0.2, 0) is 11.3 Å². The van der Waals surface area contributed by atoms with Crippen LogP contribution in [0.4, 0.5) is 23.0 Å². The SMILES string of the molecule is CC(=O)Nc1ccc(-c2ccnc(Nc3ccc(N4CCN(Cc5ccc(Cl)cc5Cl)CC4)cc3)n2)cc1. The summed E-state index contributed by atoms with van der Waals surface area (Å²) in [7, 11) is 0. The Balaban J connectivity index is 1.17. The molecule has 0 unspecified atom stereocenters. The van der Waals surface area contributed by atoms with Gasteiger partial charge in [0.05, 0.1) is 5.69 Å². The van der Waals surface area contributed by atoms with Crippen molar-refractivity contribution < 1.29 is 4.79 Å². The summed E-state index contributed by atoms with van der Waals surface area (Å²) in [5.74, 6) is 0.426. The van der Waals surface area contributed by atoms with Crippen LogP contribution in [0.1, 0.15) is 12.5 Å². The Morgan fingerprint density at radius 1 is 0.895 bits per heavy atom. The van der Waals surface area contributed by atoms with Crippen LogP contribution in [0.25, 0.3) is 11.3 Å². The molecule has 7 nitrogen and oxygen atoms in total. The number of piperazine rings is 1. The van der Waals surface area contributed by atoms with Crippen LogP contribution in [0.2, 0.25) is 10.0 Å². The van der Waals surface area contributed by atoms with Gasteiger partial charge in [-0.05, 0) is 60.2 Å². The van der Waals surface area contributed by atoms with Gasteiger partial charge < -0.3 is 15.5 Å². The number of nitrogens with zero attached hydrogens (tertiary/aromatic N) is 4. The average Bonchev–Trinajstić information content (AvgIpc) is 2.91. The van der Waals surface area contributed by atoms with E-state index in [1.54, 1.807) is 12.3 Å². The minimum Gasteiger partial charge on any atom is -0.369 e. The Morgan fingerprint density at radius 2 is 1.61 bits per heavy atom. The van der Waals surface area contributed by atoms with Gasteiger partial charge in [0.25, 0.3) is 0 Å². The molecule has 1 aromatic heterocycles. The number of hydrogen-bond acceptors (Lipinski definition) is 6. The fourth-order valence-corrected chi connectivity index (χ4v) is 4.92. The monoisotopic (exact) mass is 546 g/mol. The number of halogens is 2. The van der Waals surface area contributed by atoms with Gasteiger partial charge in [-0.3, -0.25) is 9.69 Å². The fraction of sp³-hybridized carbons (Fsp3) is 0.207. The number of carbonyl (C=O) groups excluding carboxylic acids is 1. The lowest BCUT2D eigenvalue weighted by molar-refractivity contribution is -0.114. The summed E-state index contributed by atoms with van der Waals surface area (Å²) in [6.07, 6.45) is 1.73. The first kappa shape index (κ1) is 26.0. The van der Waals surface area contributed by atoms with E-state index in [4.69, 9.17) is 23.2 Å². The van der Waals surface area contributed by atoms with Gasteiger partial charge in [0.15, 0.2) is 0 Å². The molecule has 1 saturated heterocycles. The smallest absolute Gasteiger partial charge is 0.227 e. The van der Waals surface area contributed by atoms with Gasteiger partial charge in [-0.15, -0.1) is 0 Å². The van der Waals surface area contributed by atoms with E-state index in [9.17, 15) is 4.79 Å². The number of carbonyl (C=O) groups is 1. The summed E-state index contributed by atoms with van der Waals surface area (Å²) in [5, 5.41) is 7.45. The molecule has 0 aliphatic carbocycles. The summed E-state index contributed by atoms with van der Waals surface area (Å²) < 4.78 is 0. The molecule has 0 spiro atoms. The number of anilines is 4. The van der Waals surface area contributed by atoms with Crippen molar-refractivity contribution >= 4 is 52.1 Å². The second-order valence-electron chi connectivity index (χ2n) is 9.19. The van der Waals surface area contributed by atoms with E-state index in [-0.39, 0.29) is 5.91 Å². The normalized spacial score (nSPS) is 13.8. The van der Waals surface area contributed by atoms with E-state index < -0.39 is 0 Å². The predicted octanol–water partition coefficient (Wildman–Crippen LogP) is 6.47. The van der Waals surface area contributed by atoms with Gasteiger partial charge in [0.2, 0.25) is 11.9 Å². The van der Waals surface area contributed by atoms with Crippen molar-refractivity contribution in [2.75, 3.05) is 41.7 Å². The largest absolute Gasteiger partial charge is 0.369 e. The molecule has 0 atom stereocenters. The molecular formula is C29H28Cl2N6O. The third-order valence-corrected chi connectivity index (χ3v) is 7.01. The number of benzene rings is 3. The van der Waals surface area contributed by atoms with Crippen molar-refractivity contribution in [3.05, 3.63) is 94.6 Å². The lowest BCUT2D eigenvalue weighted by Gasteiger charge is -2.36. The lowest BCUT2D eigenvalue weighted by Crippen LogP contribution is -2.46. The molecule has 4 aromatic rings. The van der Waals surface area contributed by atoms with Crippen molar-refractivity contribution in [2.24, 2.45) is 0 Å². The topological polar surface area (TPSA) is 73.4 Å². The summed E-state index contributed by atoms with van der Waals surface area (Å²) in [4.78, 5) is 25.1. The highest BCUT2D eigenvalue weighted by molar-refractivity contribution is 6.35. The number of aromatic nitrogens is 2. The van der Waals surface area contributed by atoms with Gasteiger partial charge in [-0.2, -0.15) is 0 Å². The molecule has 194 valence electrons. The van der Waals surface area contributed by atoms with Crippen LogP contribution in [0.15, 0.2) is 79.0 Å². The molecule has 38 heavy (non-hydrogen) atoms. The minimum atomic E-state index is -0.0981. The van der Waals surface area contributed by atoms with Gasteiger partial charge >= 0.3 is 0 Å². The Morgan fingerprint density at radius 3 is 2.29 bits per heavy atom. The van der Waals surface area contributed by atoms with Crippen molar-refractivity contribution in [1.29, 1.82) is 0 Å². The van der Waals surface area contributed by atoms with Gasteiger partial charge in [-0.25, -0.2) is 9.97 Å². The summed E-state index contributed by atoms with van der Waals surface area (Å²) in [5.41, 5.74) is 5.70. The maximum atomic E-state index is 11.2. The quantitative estimate of drug-likeness (QED) is 0.276. The Hall–Kier alpha value is -3.65. The van der Waals surface area contributed by atoms with Gasteiger partial charge in [0.1, 0.15) is 0 Å². The average molecular weight is 547 g/mol. The second kappa shape index (κ2) is 11.8. The van der Waals surface area contributed by atoms with Gasteiger partial charge in [0, 0.05) is 78.5 Å². The van der Waals surface area contributed by atoms with Crippen molar-refractivity contribution in [3.8, 4) is 11.3 Å². The number of rotatable bonds is 7. The maximum Gasteiger partial charge on any atom is 0.227 e. The van der Waals surface area contributed by atoms with E-state index >= 15 is 0 Å². The summed E-state index contributed by atoms with van der Waals surface area (Å²) >= 11 is 12.4. The van der Waals surface area contributed by atoms with Crippen LogP contribution in [0, 0.1) is 0 Å².